The maximum absolute atomic E-state index is 11.5. The molecule has 0 saturated carbocycles. The molecule has 0 aromatic carbocycles. The molecular weight excluding hydrogens is 252 g/mol. The van der Waals surface area contributed by atoms with E-state index in [0.717, 1.165) is 12.6 Å². The molecule has 0 fully saturated rings. The number of hydrogen-bond acceptors (Lipinski definition) is 5. The standard InChI is InChI=1S/C11H18N4O4/c1-9(2)19-5-3-4-12-11(16)8-14-7-10(6-13-14)15(17)18/h6-7,9H,3-5,8H2,1-2H3,(H,12,16). The van der Waals surface area contributed by atoms with E-state index in [0.29, 0.717) is 13.2 Å². The minimum atomic E-state index is -0.551. The first-order valence-electron chi connectivity index (χ1n) is 6.04. The topological polar surface area (TPSA) is 99.3 Å². The van der Waals surface area contributed by atoms with Gasteiger partial charge in [0.2, 0.25) is 5.91 Å². The Bertz CT molecular complexity index is 430. The second-order valence-electron chi connectivity index (χ2n) is 4.28. The fraction of sp³-hybridized carbons (Fsp3) is 0.636. The number of nitrogens with zero attached hydrogens (tertiary/aromatic N) is 3. The van der Waals surface area contributed by atoms with Gasteiger partial charge in [0, 0.05) is 13.2 Å². The Morgan fingerprint density at radius 1 is 1.63 bits per heavy atom. The molecule has 0 unspecified atom stereocenters. The van der Waals surface area contributed by atoms with Gasteiger partial charge in [-0.3, -0.25) is 19.6 Å². The molecule has 1 rings (SSSR count). The lowest BCUT2D eigenvalue weighted by Crippen LogP contribution is -2.29. The summed E-state index contributed by atoms with van der Waals surface area (Å²) in [5, 5.41) is 16.9. The summed E-state index contributed by atoms with van der Waals surface area (Å²) in [6, 6.07) is 0. The number of amides is 1. The molecule has 1 heterocycles. The predicted octanol–water partition coefficient (Wildman–Crippen LogP) is 0.723. The molecule has 0 bridgehead atoms. The Balaban J connectivity index is 2.21. The largest absolute Gasteiger partial charge is 0.379 e. The van der Waals surface area contributed by atoms with E-state index in [-0.39, 0.29) is 24.2 Å². The summed E-state index contributed by atoms with van der Waals surface area (Å²) < 4.78 is 6.56. The molecule has 106 valence electrons. The van der Waals surface area contributed by atoms with Crippen LogP contribution in [0.1, 0.15) is 20.3 Å². The lowest BCUT2D eigenvalue weighted by Gasteiger charge is -2.08. The van der Waals surface area contributed by atoms with E-state index in [1.54, 1.807) is 0 Å². The van der Waals surface area contributed by atoms with Crippen LogP contribution in [0.5, 0.6) is 0 Å². The summed E-state index contributed by atoms with van der Waals surface area (Å²) in [5.74, 6) is -0.234. The van der Waals surface area contributed by atoms with E-state index >= 15 is 0 Å². The van der Waals surface area contributed by atoms with Crippen molar-refractivity contribution in [2.45, 2.75) is 32.9 Å². The quantitative estimate of drug-likeness (QED) is 0.426. The van der Waals surface area contributed by atoms with Gasteiger partial charge in [-0.25, -0.2) is 0 Å². The van der Waals surface area contributed by atoms with Gasteiger partial charge in [-0.05, 0) is 20.3 Å². The second kappa shape index (κ2) is 7.47. The molecule has 0 atom stereocenters. The van der Waals surface area contributed by atoms with Gasteiger partial charge >= 0.3 is 5.69 Å². The molecule has 1 aromatic rings. The Kier molecular flexibility index (Phi) is 5.94. The molecule has 0 radical (unpaired) electrons. The fourth-order valence-corrected chi connectivity index (χ4v) is 1.36. The van der Waals surface area contributed by atoms with E-state index in [1.807, 2.05) is 13.8 Å². The Labute approximate surface area is 110 Å². The molecule has 8 nitrogen and oxygen atoms in total. The van der Waals surface area contributed by atoms with Gasteiger partial charge in [-0.15, -0.1) is 0 Å². The van der Waals surface area contributed by atoms with E-state index in [4.69, 9.17) is 4.74 Å². The molecule has 19 heavy (non-hydrogen) atoms. The zero-order valence-corrected chi connectivity index (χ0v) is 11.0. The average molecular weight is 270 g/mol. The van der Waals surface area contributed by atoms with E-state index in [9.17, 15) is 14.9 Å². The molecule has 1 aromatic heterocycles. The van der Waals surface area contributed by atoms with Gasteiger partial charge in [-0.1, -0.05) is 0 Å². The zero-order valence-electron chi connectivity index (χ0n) is 11.0. The van der Waals surface area contributed by atoms with Gasteiger partial charge in [0.15, 0.2) is 0 Å². The highest BCUT2D eigenvalue weighted by Gasteiger charge is 2.10. The maximum atomic E-state index is 11.5. The Morgan fingerprint density at radius 2 is 2.37 bits per heavy atom. The molecular formula is C11H18N4O4. The number of ether oxygens (including phenoxy) is 1. The number of rotatable bonds is 8. The first-order valence-corrected chi connectivity index (χ1v) is 6.04. The van der Waals surface area contributed by atoms with Crippen molar-refractivity contribution in [1.82, 2.24) is 15.1 Å². The van der Waals surface area contributed by atoms with Crippen molar-refractivity contribution in [1.29, 1.82) is 0 Å². The zero-order chi connectivity index (χ0) is 14.3. The van der Waals surface area contributed by atoms with Crippen molar-refractivity contribution in [3.8, 4) is 0 Å². The average Bonchev–Trinajstić information content (AvgIpc) is 2.76. The highest BCUT2D eigenvalue weighted by atomic mass is 16.6. The summed E-state index contributed by atoms with van der Waals surface area (Å²) in [6.45, 7) is 4.96. The molecule has 0 aliphatic rings. The summed E-state index contributed by atoms with van der Waals surface area (Å²) in [6.07, 6.45) is 3.24. The van der Waals surface area contributed by atoms with Gasteiger partial charge < -0.3 is 10.1 Å². The number of nitro groups is 1. The normalized spacial score (nSPS) is 10.7. The summed E-state index contributed by atoms with van der Waals surface area (Å²) in [7, 11) is 0. The Morgan fingerprint density at radius 3 is 2.95 bits per heavy atom. The van der Waals surface area contributed by atoms with Gasteiger partial charge in [0.1, 0.15) is 18.9 Å². The van der Waals surface area contributed by atoms with Crippen LogP contribution in [0.4, 0.5) is 5.69 Å². The van der Waals surface area contributed by atoms with Crippen LogP contribution < -0.4 is 5.32 Å². The van der Waals surface area contributed by atoms with Gasteiger partial charge in [0.25, 0.3) is 0 Å². The van der Waals surface area contributed by atoms with Crippen LogP contribution in [0.25, 0.3) is 0 Å². The highest BCUT2D eigenvalue weighted by Crippen LogP contribution is 2.07. The monoisotopic (exact) mass is 270 g/mol. The minimum absolute atomic E-state index is 0.0289. The van der Waals surface area contributed by atoms with Crippen molar-refractivity contribution in [2.24, 2.45) is 0 Å². The summed E-state index contributed by atoms with van der Waals surface area (Å²) >= 11 is 0. The van der Waals surface area contributed by atoms with Crippen LogP contribution in [-0.4, -0.2) is 39.9 Å². The number of carbonyl (C=O) groups is 1. The van der Waals surface area contributed by atoms with Crippen molar-refractivity contribution < 1.29 is 14.5 Å². The number of nitrogens with one attached hydrogen (secondary N) is 1. The number of hydrogen-bond donors (Lipinski definition) is 1. The van der Waals surface area contributed by atoms with Crippen LogP contribution in [0.3, 0.4) is 0 Å². The molecule has 0 aliphatic carbocycles. The third-order valence-corrected chi connectivity index (χ3v) is 2.23. The third kappa shape index (κ3) is 5.96. The van der Waals surface area contributed by atoms with Gasteiger partial charge in [-0.2, -0.15) is 5.10 Å². The number of carbonyl (C=O) groups excluding carboxylic acids is 1. The summed E-state index contributed by atoms with van der Waals surface area (Å²) in [5.41, 5.74) is -0.127. The predicted molar refractivity (Wildman–Crippen MR) is 67.6 cm³/mol. The fourth-order valence-electron chi connectivity index (χ4n) is 1.36. The molecule has 0 spiro atoms. The Hall–Kier alpha value is -1.96. The molecule has 0 aliphatic heterocycles. The molecule has 8 heteroatoms. The first-order chi connectivity index (χ1) is 8.99. The van der Waals surface area contributed by atoms with Crippen molar-refractivity contribution >= 4 is 11.6 Å². The van der Waals surface area contributed by atoms with E-state index in [1.165, 1.54) is 10.9 Å². The van der Waals surface area contributed by atoms with E-state index < -0.39 is 4.92 Å². The van der Waals surface area contributed by atoms with Crippen molar-refractivity contribution in [3.63, 3.8) is 0 Å². The lowest BCUT2D eigenvalue weighted by molar-refractivity contribution is -0.385. The van der Waals surface area contributed by atoms with Crippen LogP contribution in [0.2, 0.25) is 0 Å². The molecule has 0 saturated heterocycles. The van der Waals surface area contributed by atoms with Crippen LogP contribution >= 0.6 is 0 Å². The van der Waals surface area contributed by atoms with Crippen LogP contribution in [0, 0.1) is 10.1 Å². The minimum Gasteiger partial charge on any atom is -0.379 e. The SMILES string of the molecule is CC(C)OCCCNC(=O)Cn1cc([N+](=O)[O-])cn1. The van der Waals surface area contributed by atoms with Gasteiger partial charge in [0.05, 0.1) is 11.0 Å². The second-order valence-corrected chi connectivity index (χ2v) is 4.28. The lowest BCUT2D eigenvalue weighted by atomic mass is 10.4. The summed E-state index contributed by atoms with van der Waals surface area (Å²) in [4.78, 5) is 21.4. The molecule has 1 N–H and O–H groups in total. The van der Waals surface area contributed by atoms with E-state index in [2.05, 4.69) is 10.4 Å². The molecule has 1 amide bonds. The van der Waals surface area contributed by atoms with Crippen LogP contribution in [-0.2, 0) is 16.1 Å². The maximum Gasteiger partial charge on any atom is 0.307 e. The van der Waals surface area contributed by atoms with Crippen LogP contribution in [0.15, 0.2) is 12.4 Å². The van der Waals surface area contributed by atoms with Crippen molar-refractivity contribution in [3.05, 3.63) is 22.5 Å². The highest BCUT2D eigenvalue weighted by molar-refractivity contribution is 5.75. The van der Waals surface area contributed by atoms with Crippen molar-refractivity contribution in [2.75, 3.05) is 13.2 Å². The number of aromatic nitrogens is 2. The third-order valence-electron chi connectivity index (χ3n) is 2.23. The smallest absolute Gasteiger partial charge is 0.307 e. The first kappa shape index (κ1) is 15.1.